The van der Waals surface area contributed by atoms with Crippen LogP contribution in [0.3, 0.4) is 0 Å². The average Bonchev–Trinajstić information content (AvgIpc) is 2.18. The van der Waals surface area contributed by atoms with Gasteiger partial charge in [0.1, 0.15) is 0 Å². The van der Waals surface area contributed by atoms with E-state index < -0.39 is 10.6 Å². The van der Waals surface area contributed by atoms with Crippen LogP contribution in [0.1, 0.15) is 0 Å². The molecule has 0 radical (unpaired) electrons. The highest BCUT2D eigenvalue weighted by atomic mass is 16.7. The minimum Gasteiger partial charge on any atom is -0.339 e. The third kappa shape index (κ3) is 1.13. The predicted molar refractivity (Wildman–Crippen MR) is 48.4 cm³/mol. The molecule has 0 unspecified atom stereocenters. The molecule has 0 saturated heterocycles. The van der Waals surface area contributed by atoms with E-state index in [-0.39, 0.29) is 4.79 Å². The van der Waals surface area contributed by atoms with E-state index >= 15 is 0 Å². The summed E-state index contributed by atoms with van der Waals surface area (Å²) in [6.45, 7) is 0. The Morgan fingerprint density at radius 3 is 2.79 bits per heavy atom. The number of benzene rings is 1. The normalized spacial score (nSPS) is 10.3. The van der Waals surface area contributed by atoms with Gasteiger partial charge in [0.2, 0.25) is 0 Å². The first-order chi connectivity index (χ1) is 6.70. The zero-order valence-corrected chi connectivity index (χ0v) is 6.95. The average molecular weight is 191 g/mol. The standard InChI is InChI=1S/C8H5N3O3/c12-8-7-4-2-1-3-6(7)5-9-10(8)11(13)14/h1-5H. The largest absolute Gasteiger partial charge is 0.341 e. The quantitative estimate of drug-likeness (QED) is 0.483. The van der Waals surface area contributed by atoms with E-state index in [1.807, 2.05) is 0 Å². The maximum absolute atomic E-state index is 11.4. The van der Waals surface area contributed by atoms with Crippen LogP contribution in [0.15, 0.2) is 35.3 Å². The fraction of sp³-hybridized carbons (Fsp3) is 0. The molecular formula is C8H5N3O3. The van der Waals surface area contributed by atoms with Gasteiger partial charge in [-0.25, -0.2) is 0 Å². The van der Waals surface area contributed by atoms with Gasteiger partial charge in [0.05, 0.1) is 15.2 Å². The number of fused-ring (bicyclic) bond motifs is 1. The molecule has 1 aromatic heterocycles. The lowest BCUT2D eigenvalue weighted by Crippen LogP contribution is -2.28. The van der Waals surface area contributed by atoms with E-state index in [9.17, 15) is 14.9 Å². The lowest BCUT2D eigenvalue weighted by Gasteiger charge is -1.95. The molecule has 6 nitrogen and oxygen atoms in total. The summed E-state index contributed by atoms with van der Waals surface area (Å²) >= 11 is 0. The van der Waals surface area contributed by atoms with Crippen molar-refractivity contribution in [3.63, 3.8) is 0 Å². The van der Waals surface area contributed by atoms with E-state index in [1.54, 1.807) is 18.2 Å². The molecule has 6 heteroatoms. The van der Waals surface area contributed by atoms with Crippen LogP contribution in [-0.2, 0) is 0 Å². The highest BCUT2D eigenvalue weighted by Crippen LogP contribution is 2.05. The van der Waals surface area contributed by atoms with Crippen LogP contribution in [0.2, 0.25) is 0 Å². The Labute approximate surface area is 77.5 Å². The summed E-state index contributed by atoms with van der Waals surface area (Å²) in [7, 11) is 0. The zero-order valence-electron chi connectivity index (χ0n) is 6.95. The van der Waals surface area contributed by atoms with Gasteiger partial charge in [-0.1, -0.05) is 18.2 Å². The van der Waals surface area contributed by atoms with Crippen molar-refractivity contribution in [1.29, 1.82) is 0 Å². The second-order valence-corrected chi connectivity index (χ2v) is 2.66. The molecular weight excluding hydrogens is 186 g/mol. The van der Waals surface area contributed by atoms with Gasteiger partial charge in [-0.05, 0) is 6.07 Å². The van der Waals surface area contributed by atoms with Crippen molar-refractivity contribution in [1.82, 2.24) is 9.89 Å². The van der Waals surface area contributed by atoms with Gasteiger partial charge in [-0.15, -0.1) is 0 Å². The van der Waals surface area contributed by atoms with Crippen LogP contribution in [-0.4, -0.2) is 14.9 Å². The molecule has 0 aliphatic carbocycles. The Morgan fingerprint density at radius 2 is 2.07 bits per heavy atom. The van der Waals surface area contributed by atoms with Crippen LogP contribution >= 0.6 is 0 Å². The highest BCUT2D eigenvalue weighted by molar-refractivity contribution is 5.80. The van der Waals surface area contributed by atoms with E-state index in [0.717, 1.165) is 0 Å². The Balaban J connectivity index is 2.89. The Hall–Kier alpha value is -2.24. The fourth-order valence-corrected chi connectivity index (χ4v) is 1.20. The van der Waals surface area contributed by atoms with Crippen molar-refractivity contribution in [2.45, 2.75) is 0 Å². The molecule has 0 aliphatic rings. The Kier molecular flexibility index (Phi) is 1.74. The number of hydrogen-bond acceptors (Lipinski definition) is 4. The number of aromatic nitrogens is 2. The molecule has 0 N–H and O–H groups in total. The van der Waals surface area contributed by atoms with Crippen LogP contribution in [0.25, 0.3) is 10.8 Å². The van der Waals surface area contributed by atoms with Crippen molar-refractivity contribution in [2.75, 3.05) is 0 Å². The molecule has 0 atom stereocenters. The molecule has 0 aliphatic heterocycles. The second-order valence-electron chi connectivity index (χ2n) is 2.66. The molecule has 0 fully saturated rings. The maximum atomic E-state index is 11.4. The van der Waals surface area contributed by atoms with Crippen LogP contribution < -0.4 is 5.56 Å². The van der Waals surface area contributed by atoms with Gasteiger partial charge in [-0.3, -0.25) is 4.79 Å². The molecule has 0 spiro atoms. The van der Waals surface area contributed by atoms with Crippen LogP contribution in [0, 0.1) is 10.1 Å². The number of nitro groups is 1. The van der Waals surface area contributed by atoms with E-state index in [0.29, 0.717) is 10.8 Å². The summed E-state index contributed by atoms with van der Waals surface area (Å²) in [4.78, 5) is 22.0. The molecule has 0 saturated carbocycles. The van der Waals surface area contributed by atoms with Crippen LogP contribution in [0.4, 0.5) is 0 Å². The Morgan fingerprint density at radius 1 is 1.36 bits per heavy atom. The fourth-order valence-electron chi connectivity index (χ4n) is 1.20. The molecule has 70 valence electrons. The van der Waals surface area contributed by atoms with Crippen molar-refractivity contribution in [3.8, 4) is 0 Å². The first-order valence-corrected chi connectivity index (χ1v) is 3.82. The van der Waals surface area contributed by atoms with Crippen molar-refractivity contribution < 1.29 is 5.03 Å². The van der Waals surface area contributed by atoms with Crippen molar-refractivity contribution >= 4 is 10.8 Å². The van der Waals surface area contributed by atoms with Crippen molar-refractivity contribution in [3.05, 3.63) is 50.9 Å². The minimum atomic E-state index is -0.852. The predicted octanol–water partition coefficient (Wildman–Crippen LogP) is 0.436. The van der Waals surface area contributed by atoms with Gasteiger partial charge in [0.25, 0.3) is 0 Å². The molecule has 1 aromatic carbocycles. The summed E-state index contributed by atoms with van der Waals surface area (Å²) in [6.07, 6.45) is 1.29. The molecule has 14 heavy (non-hydrogen) atoms. The van der Waals surface area contributed by atoms with Gasteiger partial charge < -0.3 is 10.1 Å². The molecule has 0 bridgehead atoms. The van der Waals surface area contributed by atoms with E-state index in [2.05, 4.69) is 5.10 Å². The summed E-state index contributed by atoms with van der Waals surface area (Å²) < 4.78 is 0. The first kappa shape index (κ1) is 8.36. The zero-order chi connectivity index (χ0) is 10.1. The summed E-state index contributed by atoms with van der Waals surface area (Å²) in [5.74, 6) is 0. The SMILES string of the molecule is O=c1c2ccccc2cnn1[N+](=O)[O-]. The topological polar surface area (TPSA) is 78.0 Å². The minimum absolute atomic E-state index is 0.225. The first-order valence-electron chi connectivity index (χ1n) is 3.82. The molecule has 2 aromatic rings. The summed E-state index contributed by atoms with van der Waals surface area (Å²) in [5.41, 5.74) is -0.715. The summed E-state index contributed by atoms with van der Waals surface area (Å²) in [5, 5.41) is 13.8. The van der Waals surface area contributed by atoms with Gasteiger partial charge in [0, 0.05) is 10.5 Å². The van der Waals surface area contributed by atoms with E-state index in [4.69, 9.17) is 0 Å². The summed E-state index contributed by atoms with van der Waals surface area (Å²) in [6, 6.07) is 6.58. The third-order valence-electron chi connectivity index (χ3n) is 1.83. The third-order valence-corrected chi connectivity index (χ3v) is 1.83. The lowest BCUT2D eigenvalue weighted by atomic mass is 10.2. The highest BCUT2D eigenvalue weighted by Gasteiger charge is 2.10. The van der Waals surface area contributed by atoms with Gasteiger partial charge >= 0.3 is 5.56 Å². The second kappa shape index (κ2) is 2.91. The van der Waals surface area contributed by atoms with Gasteiger partial charge in [-0.2, -0.15) is 0 Å². The van der Waals surface area contributed by atoms with Crippen molar-refractivity contribution in [2.24, 2.45) is 0 Å². The number of hydrogen-bond donors (Lipinski definition) is 0. The molecule has 2 rings (SSSR count). The maximum Gasteiger partial charge on any atom is 0.341 e. The lowest BCUT2D eigenvalue weighted by molar-refractivity contribution is -0.556. The molecule has 0 amide bonds. The van der Waals surface area contributed by atoms with Crippen LogP contribution in [0.5, 0.6) is 0 Å². The number of nitrogens with zero attached hydrogens (tertiary/aromatic N) is 3. The Bertz CT molecular complexity index is 561. The smallest absolute Gasteiger partial charge is 0.339 e. The van der Waals surface area contributed by atoms with E-state index in [1.165, 1.54) is 12.3 Å². The number of rotatable bonds is 1. The van der Waals surface area contributed by atoms with Gasteiger partial charge in [0.15, 0.2) is 6.20 Å². The monoisotopic (exact) mass is 191 g/mol. The molecule has 1 heterocycles.